The number of amides is 4. The fraction of sp³-hybridized carbons (Fsp3) is 0.526. The third kappa shape index (κ3) is 2.91. The summed E-state index contributed by atoms with van der Waals surface area (Å²) in [5, 5.41) is 0. The minimum Gasteiger partial charge on any atom is -0.369 e. The highest BCUT2D eigenvalue weighted by Gasteiger charge is 2.38. The third-order valence-corrected chi connectivity index (χ3v) is 5.64. The number of likely N-dealkylation sites (N-methyl/N-ethyl adjacent to an activating group) is 1. The van der Waals surface area contributed by atoms with Crippen molar-refractivity contribution >= 4 is 23.5 Å². The number of para-hydroxylation sites is 1. The predicted molar refractivity (Wildman–Crippen MR) is 96.8 cm³/mol. The van der Waals surface area contributed by atoms with Gasteiger partial charge in [-0.25, -0.2) is 4.79 Å². The number of carbonyl (C=O) groups is 3. The maximum Gasteiger partial charge on any atom is 0.327 e. The molecule has 1 unspecified atom stereocenters. The molecular weight excluding hydrogens is 332 g/mol. The van der Waals surface area contributed by atoms with Gasteiger partial charge in [-0.1, -0.05) is 18.2 Å². The second kappa shape index (κ2) is 6.63. The van der Waals surface area contributed by atoms with Gasteiger partial charge in [0.1, 0.15) is 13.1 Å². The van der Waals surface area contributed by atoms with Crippen molar-refractivity contribution in [3.8, 4) is 0 Å². The van der Waals surface area contributed by atoms with E-state index in [1.54, 1.807) is 7.05 Å². The molecule has 3 aliphatic heterocycles. The molecule has 4 amide bonds. The molecule has 0 bridgehead atoms. The van der Waals surface area contributed by atoms with E-state index in [0.717, 1.165) is 37.3 Å². The van der Waals surface area contributed by atoms with Gasteiger partial charge in [-0.15, -0.1) is 0 Å². The van der Waals surface area contributed by atoms with Crippen molar-refractivity contribution in [2.24, 2.45) is 0 Å². The van der Waals surface area contributed by atoms with Gasteiger partial charge in [-0.2, -0.15) is 0 Å². The predicted octanol–water partition coefficient (Wildman–Crippen LogP) is 0.934. The number of anilines is 1. The molecule has 0 aromatic heterocycles. The number of fused-ring (bicyclic) bond motifs is 1. The molecule has 1 aromatic carbocycles. The lowest BCUT2D eigenvalue weighted by Gasteiger charge is -2.31. The minimum absolute atomic E-state index is 0.0557. The Morgan fingerprint density at radius 1 is 1.19 bits per heavy atom. The zero-order valence-corrected chi connectivity index (χ0v) is 15.1. The zero-order valence-electron chi connectivity index (χ0n) is 15.1. The fourth-order valence-electron chi connectivity index (χ4n) is 4.25. The summed E-state index contributed by atoms with van der Waals surface area (Å²) in [4.78, 5) is 43.3. The number of nitrogens with zero attached hydrogens (tertiary/aromatic N) is 4. The van der Waals surface area contributed by atoms with Crippen molar-refractivity contribution < 1.29 is 14.4 Å². The van der Waals surface area contributed by atoms with E-state index in [4.69, 9.17) is 0 Å². The molecule has 0 radical (unpaired) electrons. The van der Waals surface area contributed by atoms with Gasteiger partial charge in [-0.05, 0) is 30.9 Å². The van der Waals surface area contributed by atoms with Crippen molar-refractivity contribution in [2.75, 3.05) is 44.7 Å². The lowest BCUT2D eigenvalue weighted by Crippen LogP contribution is -2.48. The van der Waals surface area contributed by atoms with Gasteiger partial charge < -0.3 is 14.7 Å². The van der Waals surface area contributed by atoms with Crippen molar-refractivity contribution in [3.63, 3.8) is 0 Å². The lowest BCUT2D eigenvalue weighted by molar-refractivity contribution is -0.137. The molecule has 2 fully saturated rings. The van der Waals surface area contributed by atoms with Gasteiger partial charge in [-0.3, -0.25) is 14.5 Å². The molecule has 26 heavy (non-hydrogen) atoms. The first-order valence-electron chi connectivity index (χ1n) is 9.22. The van der Waals surface area contributed by atoms with Crippen LogP contribution in [0.2, 0.25) is 0 Å². The smallest absolute Gasteiger partial charge is 0.327 e. The largest absolute Gasteiger partial charge is 0.369 e. The summed E-state index contributed by atoms with van der Waals surface area (Å²) < 4.78 is 0. The number of benzene rings is 1. The highest BCUT2D eigenvalue weighted by Crippen LogP contribution is 2.29. The van der Waals surface area contributed by atoms with Crippen LogP contribution in [0.15, 0.2) is 24.3 Å². The Kier molecular flexibility index (Phi) is 4.30. The van der Waals surface area contributed by atoms with Crippen molar-refractivity contribution in [1.29, 1.82) is 0 Å². The first-order chi connectivity index (χ1) is 12.5. The standard InChI is InChI=1S/C19H24N4O3/c1-20-12-17(24)23(19(20)26)13-18(25)22-9-4-6-15(22)11-21-10-8-14-5-2-3-7-16(14)21/h2-3,5,7,15H,4,6,8-13H2,1H3. The van der Waals surface area contributed by atoms with Gasteiger partial charge in [0.25, 0.3) is 5.91 Å². The fourth-order valence-corrected chi connectivity index (χ4v) is 4.25. The van der Waals surface area contributed by atoms with Crippen LogP contribution in [0.1, 0.15) is 18.4 Å². The summed E-state index contributed by atoms with van der Waals surface area (Å²) in [6, 6.07) is 8.17. The molecule has 7 nitrogen and oxygen atoms in total. The normalized spacial score (nSPS) is 22.6. The van der Waals surface area contributed by atoms with Crippen LogP contribution in [-0.2, 0) is 16.0 Å². The van der Waals surface area contributed by atoms with Crippen LogP contribution in [-0.4, -0.2) is 78.4 Å². The van der Waals surface area contributed by atoms with Crippen LogP contribution in [0.3, 0.4) is 0 Å². The molecule has 7 heteroatoms. The second-order valence-corrected chi connectivity index (χ2v) is 7.33. The number of rotatable bonds is 4. The van der Waals surface area contributed by atoms with Gasteiger partial charge in [0.05, 0.1) is 0 Å². The summed E-state index contributed by atoms with van der Waals surface area (Å²) in [5.74, 6) is -0.424. The minimum atomic E-state index is -0.382. The molecule has 1 aromatic rings. The molecule has 3 heterocycles. The molecule has 1 atom stereocenters. The van der Waals surface area contributed by atoms with Gasteiger partial charge in [0.2, 0.25) is 5.91 Å². The Morgan fingerprint density at radius 3 is 2.77 bits per heavy atom. The van der Waals surface area contributed by atoms with Gasteiger partial charge >= 0.3 is 6.03 Å². The van der Waals surface area contributed by atoms with Crippen LogP contribution in [0.5, 0.6) is 0 Å². The lowest BCUT2D eigenvalue weighted by atomic mass is 10.1. The number of likely N-dealkylation sites (tertiary alicyclic amines) is 1. The third-order valence-electron chi connectivity index (χ3n) is 5.64. The summed E-state index contributed by atoms with van der Waals surface area (Å²) in [6.07, 6.45) is 2.97. The molecular formula is C19H24N4O3. The molecule has 0 aliphatic carbocycles. The first-order valence-corrected chi connectivity index (χ1v) is 9.22. The van der Waals surface area contributed by atoms with Crippen molar-refractivity contribution in [1.82, 2.24) is 14.7 Å². The molecule has 4 rings (SSSR count). The summed E-state index contributed by atoms with van der Waals surface area (Å²) in [5.41, 5.74) is 2.62. The Balaban J connectivity index is 1.42. The molecule has 0 saturated carbocycles. The summed E-state index contributed by atoms with van der Waals surface area (Å²) >= 11 is 0. The summed E-state index contributed by atoms with van der Waals surface area (Å²) in [6.45, 7) is 2.40. The highest BCUT2D eigenvalue weighted by atomic mass is 16.2. The number of carbonyl (C=O) groups excluding carboxylic acids is 3. The maximum atomic E-state index is 12.8. The Bertz CT molecular complexity index is 750. The van der Waals surface area contributed by atoms with E-state index in [1.165, 1.54) is 16.2 Å². The number of urea groups is 1. The van der Waals surface area contributed by atoms with Crippen LogP contribution in [0.4, 0.5) is 10.5 Å². The highest BCUT2D eigenvalue weighted by molar-refractivity contribution is 6.04. The maximum absolute atomic E-state index is 12.8. The van der Waals surface area contributed by atoms with E-state index in [9.17, 15) is 14.4 Å². The molecule has 138 valence electrons. The Morgan fingerprint density at radius 2 is 2.00 bits per heavy atom. The van der Waals surface area contributed by atoms with E-state index in [-0.39, 0.29) is 37.0 Å². The average Bonchev–Trinajstić information content (AvgIpc) is 3.31. The van der Waals surface area contributed by atoms with Crippen molar-refractivity contribution in [2.45, 2.75) is 25.3 Å². The van der Waals surface area contributed by atoms with E-state index in [2.05, 4.69) is 29.2 Å². The van der Waals surface area contributed by atoms with Gasteiger partial charge in [0, 0.05) is 38.4 Å². The quantitative estimate of drug-likeness (QED) is 0.753. The second-order valence-electron chi connectivity index (χ2n) is 7.33. The van der Waals surface area contributed by atoms with Crippen LogP contribution in [0.25, 0.3) is 0 Å². The molecule has 0 N–H and O–H groups in total. The number of imide groups is 1. The van der Waals surface area contributed by atoms with E-state index >= 15 is 0 Å². The van der Waals surface area contributed by atoms with Gasteiger partial charge in [0.15, 0.2) is 0 Å². The van der Waals surface area contributed by atoms with Crippen LogP contribution >= 0.6 is 0 Å². The Hall–Kier alpha value is -2.57. The Labute approximate surface area is 153 Å². The first kappa shape index (κ1) is 16.9. The van der Waals surface area contributed by atoms with Crippen LogP contribution < -0.4 is 4.90 Å². The van der Waals surface area contributed by atoms with E-state index < -0.39 is 0 Å². The molecule has 3 aliphatic rings. The van der Waals surface area contributed by atoms with Crippen LogP contribution in [0, 0.1) is 0 Å². The monoisotopic (exact) mass is 356 g/mol. The average molecular weight is 356 g/mol. The number of hydrogen-bond donors (Lipinski definition) is 0. The topological polar surface area (TPSA) is 64.2 Å². The van der Waals surface area contributed by atoms with Crippen molar-refractivity contribution in [3.05, 3.63) is 29.8 Å². The summed E-state index contributed by atoms with van der Waals surface area (Å²) in [7, 11) is 1.58. The number of hydrogen-bond acceptors (Lipinski definition) is 4. The molecule has 0 spiro atoms. The zero-order chi connectivity index (χ0) is 18.3. The van der Waals surface area contributed by atoms with E-state index in [1.807, 2.05) is 4.90 Å². The SMILES string of the molecule is CN1CC(=O)N(CC(=O)N2CCCC2CN2CCc3ccccc32)C1=O. The van der Waals surface area contributed by atoms with E-state index in [0.29, 0.717) is 6.54 Å². The molecule has 2 saturated heterocycles.